The van der Waals surface area contributed by atoms with E-state index in [-0.39, 0.29) is 12.1 Å². The molecule has 144 valence electrons. The number of aromatic nitrogens is 5. The Hall–Kier alpha value is -3.35. The van der Waals surface area contributed by atoms with Crippen molar-refractivity contribution in [1.29, 1.82) is 0 Å². The zero-order valence-corrected chi connectivity index (χ0v) is 16.8. The Morgan fingerprint density at radius 3 is 2.46 bits per heavy atom. The number of benzene rings is 1. The standard InChI is InChI=1S/C21H23N5O2/c1-7-10-24-19(27)17-18(23(6)21(24)28)22-20-25(14(4)15(5)26(17)20)16-9-8-12(2)11-13(16)3/h7-9,11H,1,10H2,2-6H3. The Bertz CT molecular complexity index is 1390. The minimum Gasteiger partial charge on any atom is -0.282 e. The Morgan fingerprint density at radius 2 is 1.82 bits per heavy atom. The number of imidazole rings is 2. The van der Waals surface area contributed by atoms with E-state index in [2.05, 4.69) is 38.6 Å². The van der Waals surface area contributed by atoms with Gasteiger partial charge >= 0.3 is 5.69 Å². The van der Waals surface area contributed by atoms with Crippen LogP contribution in [0.1, 0.15) is 22.5 Å². The van der Waals surface area contributed by atoms with Gasteiger partial charge in [0.2, 0.25) is 5.78 Å². The fraction of sp³-hybridized carbons (Fsp3) is 0.286. The number of rotatable bonds is 3. The number of hydrogen-bond acceptors (Lipinski definition) is 3. The minimum atomic E-state index is -0.398. The van der Waals surface area contributed by atoms with Crippen molar-refractivity contribution in [3.05, 3.63) is 74.2 Å². The zero-order chi connectivity index (χ0) is 20.3. The molecular formula is C21H23N5O2. The number of allylic oxidation sites excluding steroid dienone is 1. The van der Waals surface area contributed by atoms with Crippen molar-refractivity contribution in [3.63, 3.8) is 0 Å². The van der Waals surface area contributed by atoms with Crippen LogP contribution in [0.4, 0.5) is 0 Å². The Balaban J connectivity index is 2.22. The van der Waals surface area contributed by atoms with Gasteiger partial charge in [-0.25, -0.2) is 4.79 Å². The largest absolute Gasteiger partial charge is 0.332 e. The number of hydrogen-bond donors (Lipinski definition) is 0. The van der Waals surface area contributed by atoms with Crippen LogP contribution in [-0.2, 0) is 13.6 Å². The fourth-order valence-corrected chi connectivity index (χ4v) is 3.89. The summed E-state index contributed by atoms with van der Waals surface area (Å²) in [6.45, 7) is 11.9. The van der Waals surface area contributed by atoms with Crippen molar-refractivity contribution < 1.29 is 0 Å². The molecule has 0 bridgehead atoms. The van der Waals surface area contributed by atoms with E-state index in [0.29, 0.717) is 16.9 Å². The third kappa shape index (κ3) is 2.25. The first-order valence-corrected chi connectivity index (χ1v) is 9.16. The van der Waals surface area contributed by atoms with Crippen molar-refractivity contribution in [3.8, 4) is 5.69 Å². The highest BCUT2D eigenvalue weighted by molar-refractivity contribution is 5.77. The molecule has 0 aliphatic carbocycles. The van der Waals surface area contributed by atoms with Gasteiger partial charge in [-0.05, 0) is 39.3 Å². The van der Waals surface area contributed by atoms with Gasteiger partial charge < -0.3 is 0 Å². The molecule has 0 amide bonds. The zero-order valence-electron chi connectivity index (χ0n) is 16.8. The van der Waals surface area contributed by atoms with Crippen LogP contribution in [0, 0.1) is 27.7 Å². The smallest absolute Gasteiger partial charge is 0.282 e. The van der Waals surface area contributed by atoms with E-state index in [4.69, 9.17) is 4.98 Å². The van der Waals surface area contributed by atoms with Crippen molar-refractivity contribution in [2.24, 2.45) is 7.05 Å². The van der Waals surface area contributed by atoms with Crippen molar-refractivity contribution in [1.82, 2.24) is 23.1 Å². The first kappa shape index (κ1) is 18.0. The van der Waals surface area contributed by atoms with Gasteiger partial charge in [-0.15, -0.1) is 6.58 Å². The van der Waals surface area contributed by atoms with Gasteiger partial charge in [0.05, 0.1) is 5.69 Å². The van der Waals surface area contributed by atoms with Crippen LogP contribution in [0.25, 0.3) is 22.6 Å². The highest BCUT2D eigenvalue weighted by atomic mass is 16.2. The number of nitrogens with zero attached hydrogens (tertiary/aromatic N) is 5. The first-order valence-electron chi connectivity index (χ1n) is 9.16. The molecule has 3 heterocycles. The molecule has 7 heteroatoms. The Kier molecular flexibility index (Phi) is 3.92. The number of fused-ring (bicyclic) bond motifs is 3. The summed E-state index contributed by atoms with van der Waals surface area (Å²) in [5.74, 6) is 0.625. The van der Waals surface area contributed by atoms with Crippen LogP contribution < -0.4 is 11.2 Å². The van der Waals surface area contributed by atoms with Gasteiger partial charge in [0.25, 0.3) is 5.56 Å². The summed E-state index contributed by atoms with van der Waals surface area (Å²) in [4.78, 5) is 30.4. The molecule has 0 atom stereocenters. The van der Waals surface area contributed by atoms with E-state index < -0.39 is 5.69 Å². The van der Waals surface area contributed by atoms with Crippen LogP contribution in [0.15, 0.2) is 40.4 Å². The second-order valence-electron chi connectivity index (χ2n) is 7.26. The van der Waals surface area contributed by atoms with Crippen LogP contribution in [0.3, 0.4) is 0 Å². The van der Waals surface area contributed by atoms with E-state index in [1.54, 1.807) is 13.1 Å². The predicted molar refractivity (Wildman–Crippen MR) is 111 cm³/mol. The second kappa shape index (κ2) is 6.09. The SMILES string of the molecule is C=CCn1c(=O)c2c(nc3n(-c4ccc(C)cc4C)c(C)c(C)n23)n(C)c1=O. The van der Waals surface area contributed by atoms with Gasteiger partial charge in [0, 0.05) is 25.0 Å². The monoisotopic (exact) mass is 377 g/mol. The molecule has 0 spiro atoms. The summed E-state index contributed by atoms with van der Waals surface area (Å²) >= 11 is 0. The maximum atomic E-state index is 13.1. The third-order valence-corrected chi connectivity index (χ3v) is 5.42. The van der Waals surface area contributed by atoms with Gasteiger partial charge in [-0.1, -0.05) is 23.8 Å². The molecule has 4 rings (SSSR count). The maximum absolute atomic E-state index is 13.1. The van der Waals surface area contributed by atoms with Crippen molar-refractivity contribution >= 4 is 16.9 Å². The van der Waals surface area contributed by atoms with Crippen molar-refractivity contribution in [2.45, 2.75) is 34.2 Å². The summed E-state index contributed by atoms with van der Waals surface area (Å²) in [6.07, 6.45) is 1.55. The van der Waals surface area contributed by atoms with Gasteiger partial charge in [-0.2, -0.15) is 4.98 Å². The molecule has 0 N–H and O–H groups in total. The van der Waals surface area contributed by atoms with Crippen LogP contribution in [0.2, 0.25) is 0 Å². The van der Waals surface area contributed by atoms with E-state index in [9.17, 15) is 9.59 Å². The lowest BCUT2D eigenvalue weighted by atomic mass is 10.1. The lowest BCUT2D eigenvalue weighted by Crippen LogP contribution is -2.39. The molecule has 0 aliphatic rings. The quantitative estimate of drug-likeness (QED) is 0.516. The van der Waals surface area contributed by atoms with Gasteiger partial charge in [0.1, 0.15) is 0 Å². The predicted octanol–water partition coefficient (Wildman–Crippen LogP) is 2.56. The normalized spacial score (nSPS) is 11.6. The number of aryl methyl sites for hydroxylation is 4. The molecule has 0 fully saturated rings. The van der Waals surface area contributed by atoms with Gasteiger partial charge in [0.15, 0.2) is 11.2 Å². The summed E-state index contributed by atoms with van der Waals surface area (Å²) in [5, 5.41) is 0. The molecule has 0 aliphatic heterocycles. The molecular weight excluding hydrogens is 354 g/mol. The minimum absolute atomic E-state index is 0.157. The van der Waals surface area contributed by atoms with Crippen LogP contribution in [-0.4, -0.2) is 23.1 Å². The molecule has 0 saturated carbocycles. The van der Waals surface area contributed by atoms with Crippen LogP contribution in [0.5, 0.6) is 0 Å². The molecule has 28 heavy (non-hydrogen) atoms. The lowest BCUT2D eigenvalue weighted by molar-refractivity contribution is 0.667. The molecule has 7 nitrogen and oxygen atoms in total. The second-order valence-corrected chi connectivity index (χ2v) is 7.26. The average molecular weight is 377 g/mol. The molecule has 0 unspecified atom stereocenters. The average Bonchev–Trinajstić information content (AvgIpc) is 3.14. The topological polar surface area (TPSA) is 66.2 Å². The summed E-state index contributed by atoms with van der Waals surface area (Å²) in [5.41, 5.74) is 5.26. The Morgan fingerprint density at radius 1 is 1.11 bits per heavy atom. The highest BCUT2D eigenvalue weighted by Gasteiger charge is 2.23. The highest BCUT2D eigenvalue weighted by Crippen LogP contribution is 2.26. The van der Waals surface area contributed by atoms with E-state index in [1.165, 1.54) is 14.7 Å². The first-order chi connectivity index (χ1) is 13.3. The van der Waals surface area contributed by atoms with E-state index >= 15 is 0 Å². The van der Waals surface area contributed by atoms with Crippen molar-refractivity contribution in [2.75, 3.05) is 0 Å². The molecule has 0 radical (unpaired) electrons. The van der Waals surface area contributed by atoms with Crippen LogP contribution >= 0.6 is 0 Å². The summed E-state index contributed by atoms with van der Waals surface area (Å²) in [7, 11) is 1.64. The molecule has 3 aromatic heterocycles. The maximum Gasteiger partial charge on any atom is 0.332 e. The summed E-state index contributed by atoms with van der Waals surface area (Å²) < 4.78 is 6.51. The third-order valence-electron chi connectivity index (χ3n) is 5.42. The Labute approximate surface area is 161 Å². The van der Waals surface area contributed by atoms with Gasteiger partial charge in [-0.3, -0.25) is 22.9 Å². The molecule has 4 aromatic rings. The molecule has 0 saturated heterocycles. The summed E-state index contributed by atoms with van der Waals surface area (Å²) in [6, 6.07) is 6.24. The molecule has 1 aromatic carbocycles. The lowest BCUT2D eigenvalue weighted by Gasteiger charge is -2.10. The van der Waals surface area contributed by atoms with E-state index in [1.807, 2.05) is 22.8 Å². The fourth-order valence-electron chi connectivity index (χ4n) is 3.89. The van der Waals surface area contributed by atoms with E-state index in [0.717, 1.165) is 22.6 Å².